The summed E-state index contributed by atoms with van der Waals surface area (Å²) >= 11 is 6.28. The van der Waals surface area contributed by atoms with E-state index in [1.54, 1.807) is 0 Å². The van der Waals surface area contributed by atoms with Crippen molar-refractivity contribution >= 4 is 11.6 Å². The molecule has 1 aromatic carbocycles. The normalized spacial score (nSPS) is 21.7. The second-order valence-electron chi connectivity index (χ2n) is 4.45. The van der Waals surface area contributed by atoms with Gasteiger partial charge in [0.1, 0.15) is 0 Å². The lowest BCUT2D eigenvalue weighted by Crippen LogP contribution is -2.28. The Labute approximate surface area is 96.8 Å². The lowest BCUT2D eigenvalue weighted by Gasteiger charge is -2.25. The maximum Gasteiger partial charge on any atom is 0.0467 e. The van der Waals surface area contributed by atoms with E-state index >= 15 is 0 Å². The topological polar surface area (TPSA) is 12.0 Å². The molecule has 1 aliphatic heterocycles. The molecule has 2 rings (SSSR count). The molecule has 1 saturated heterocycles. The van der Waals surface area contributed by atoms with Gasteiger partial charge in [-0.1, -0.05) is 23.7 Å². The smallest absolute Gasteiger partial charge is 0.0467 e. The fourth-order valence-corrected chi connectivity index (χ4v) is 2.57. The van der Waals surface area contributed by atoms with E-state index in [-0.39, 0.29) is 0 Å². The summed E-state index contributed by atoms with van der Waals surface area (Å²) in [7, 11) is 0. The van der Waals surface area contributed by atoms with Crippen LogP contribution in [0.4, 0.5) is 0 Å². The van der Waals surface area contributed by atoms with E-state index in [0.29, 0.717) is 5.92 Å². The Morgan fingerprint density at radius 1 is 1.33 bits per heavy atom. The molecule has 82 valence electrons. The van der Waals surface area contributed by atoms with Gasteiger partial charge in [0.25, 0.3) is 0 Å². The van der Waals surface area contributed by atoms with Crippen LogP contribution in [0.2, 0.25) is 5.02 Å². The Hall–Kier alpha value is -0.530. The fraction of sp³-hybridized carbons (Fsp3) is 0.538. The molecule has 0 amide bonds. The predicted molar refractivity (Wildman–Crippen MR) is 65.8 cm³/mol. The lowest BCUT2D eigenvalue weighted by atomic mass is 9.88. The Balaban J connectivity index is 2.31. The van der Waals surface area contributed by atoms with Crippen molar-refractivity contribution in [2.24, 2.45) is 0 Å². The van der Waals surface area contributed by atoms with Crippen LogP contribution in [-0.2, 0) is 0 Å². The minimum atomic E-state index is 0.650. The summed E-state index contributed by atoms with van der Waals surface area (Å²) in [5.41, 5.74) is 3.88. The van der Waals surface area contributed by atoms with Gasteiger partial charge in [-0.05, 0) is 55.8 Å². The van der Waals surface area contributed by atoms with E-state index in [2.05, 4.69) is 31.3 Å². The van der Waals surface area contributed by atoms with Crippen molar-refractivity contribution in [3.05, 3.63) is 33.8 Å². The van der Waals surface area contributed by atoms with Crippen molar-refractivity contribution in [1.82, 2.24) is 5.32 Å². The van der Waals surface area contributed by atoms with Crippen molar-refractivity contribution in [3.8, 4) is 0 Å². The molecule has 1 atom stereocenters. The van der Waals surface area contributed by atoms with Crippen molar-refractivity contribution < 1.29 is 0 Å². The van der Waals surface area contributed by atoms with Crippen LogP contribution in [0.1, 0.15) is 35.4 Å². The first kappa shape index (κ1) is 11.0. The standard InChI is InChI=1S/C13H18ClN/c1-9-5-6-12(10(2)13(9)14)11-4-3-7-15-8-11/h5-6,11,15H,3-4,7-8H2,1-2H3. The molecule has 0 saturated carbocycles. The summed E-state index contributed by atoms with van der Waals surface area (Å²) in [6.07, 6.45) is 2.56. The number of hydrogen-bond acceptors (Lipinski definition) is 1. The quantitative estimate of drug-likeness (QED) is 0.770. The Morgan fingerprint density at radius 2 is 2.13 bits per heavy atom. The molecule has 0 spiro atoms. The minimum Gasteiger partial charge on any atom is -0.316 e. The van der Waals surface area contributed by atoms with Crippen LogP contribution in [0.15, 0.2) is 12.1 Å². The number of rotatable bonds is 1. The fourth-order valence-electron chi connectivity index (χ4n) is 2.39. The van der Waals surface area contributed by atoms with Crippen LogP contribution < -0.4 is 5.32 Å². The first-order valence-electron chi connectivity index (χ1n) is 5.66. The van der Waals surface area contributed by atoms with E-state index in [9.17, 15) is 0 Å². The van der Waals surface area contributed by atoms with E-state index in [1.807, 2.05) is 0 Å². The van der Waals surface area contributed by atoms with Crippen molar-refractivity contribution in [3.63, 3.8) is 0 Å². The minimum absolute atomic E-state index is 0.650. The predicted octanol–water partition coefficient (Wildman–Crippen LogP) is 3.42. The summed E-state index contributed by atoms with van der Waals surface area (Å²) in [6, 6.07) is 4.38. The molecule has 1 heterocycles. The van der Waals surface area contributed by atoms with Gasteiger partial charge in [-0.25, -0.2) is 0 Å². The third-order valence-corrected chi connectivity index (χ3v) is 3.94. The molecule has 1 unspecified atom stereocenters. The van der Waals surface area contributed by atoms with Crippen LogP contribution in [-0.4, -0.2) is 13.1 Å². The number of halogens is 1. The molecule has 1 aliphatic rings. The largest absolute Gasteiger partial charge is 0.316 e. The van der Waals surface area contributed by atoms with Gasteiger partial charge in [0.15, 0.2) is 0 Å². The summed E-state index contributed by atoms with van der Waals surface area (Å²) in [5, 5.41) is 4.39. The molecular weight excluding hydrogens is 206 g/mol. The van der Waals surface area contributed by atoms with Gasteiger partial charge in [-0.15, -0.1) is 0 Å². The molecule has 1 aromatic rings. The van der Waals surface area contributed by atoms with Gasteiger partial charge in [-0.3, -0.25) is 0 Å². The second-order valence-corrected chi connectivity index (χ2v) is 4.83. The van der Waals surface area contributed by atoms with Crippen LogP contribution in [0, 0.1) is 13.8 Å². The maximum atomic E-state index is 6.28. The van der Waals surface area contributed by atoms with Crippen LogP contribution >= 0.6 is 11.6 Å². The number of hydrogen-bond donors (Lipinski definition) is 1. The zero-order valence-electron chi connectivity index (χ0n) is 9.44. The summed E-state index contributed by atoms with van der Waals surface area (Å²) in [4.78, 5) is 0. The van der Waals surface area contributed by atoms with E-state index < -0.39 is 0 Å². The van der Waals surface area contributed by atoms with Gasteiger partial charge in [-0.2, -0.15) is 0 Å². The number of benzene rings is 1. The average molecular weight is 224 g/mol. The highest BCUT2D eigenvalue weighted by molar-refractivity contribution is 6.32. The molecule has 1 fully saturated rings. The lowest BCUT2D eigenvalue weighted by molar-refractivity contribution is 0.460. The van der Waals surface area contributed by atoms with Crippen molar-refractivity contribution in [1.29, 1.82) is 0 Å². The Bertz CT molecular complexity index is 354. The molecule has 0 aliphatic carbocycles. The summed E-state index contributed by atoms with van der Waals surface area (Å²) in [6.45, 7) is 6.47. The van der Waals surface area contributed by atoms with E-state index in [0.717, 1.165) is 18.1 Å². The average Bonchev–Trinajstić information content (AvgIpc) is 2.27. The van der Waals surface area contributed by atoms with E-state index in [4.69, 9.17) is 11.6 Å². The molecule has 0 radical (unpaired) electrons. The number of aryl methyl sites for hydroxylation is 1. The third-order valence-electron chi connectivity index (χ3n) is 3.36. The van der Waals surface area contributed by atoms with Crippen LogP contribution in [0.5, 0.6) is 0 Å². The summed E-state index contributed by atoms with van der Waals surface area (Å²) in [5.74, 6) is 0.650. The molecule has 1 N–H and O–H groups in total. The van der Waals surface area contributed by atoms with Crippen LogP contribution in [0.25, 0.3) is 0 Å². The van der Waals surface area contributed by atoms with Gasteiger partial charge in [0.2, 0.25) is 0 Å². The highest BCUT2D eigenvalue weighted by Gasteiger charge is 2.18. The summed E-state index contributed by atoms with van der Waals surface area (Å²) < 4.78 is 0. The monoisotopic (exact) mass is 223 g/mol. The highest BCUT2D eigenvalue weighted by Crippen LogP contribution is 2.31. The molecule has 15 heavy (non-hydrogen) atoms. The zero-order chi connectivity index (χ0) is 10.8. The number of nitrogens with one attached hydrogen (secondary N) is 1. The first-order chi connectivity index (χ1) is 7.20. The van der Waals surface area contributed by atoms with Gasteiger partial charge < -0.3 is 5.32 Å². The van der Waals surface area contributed by atoms with Crippen molar-refractivity contribution in [2.75, 3.05) is 13.1 Å². The van der Waals surface area contributed by atoms with Crippen LogP contribution in [0.3, 0.4) is 0 Å². The zero-order valence-corrected chi connectivity index (χ0v) is 10.2. The Kier molecular flexibility index (Phi) is 3.32. The Morgan fingerprint density at radius 3 is 2.80 bits per heavy atom. The van der Waals surface area contributed by atoms with Gasteiger partial charge >= 0.3 is 0 Å². The maximum absolute atomic E-state index is 6.28. The first-order valence-corrected chi connectivity index (χ1v) is 6.04. The SMILES string of the molecule is Cc1ccc(C2CCCNC2)c(C)c1Cl. The second kappa shape index (κ2) is 4.54. The van der Waals surface area contributed by atoms with E-state index in [1.165, 1.54) is 29.5 Å². The molecule has 0 aromatic heterocycles. The number of piperidine rings is 1. The molecule has 1 nitrogen and oxygen atoms in total. The van der Waals surface area contributed by atoms with Crippen molar-refractivity contribution in [2.45, 2.75) is 32.6 Å². The molecule has 0 bridgehead atoms. The van der Waals surface area contributed by atoms with Gasteiger partial charge in [0, 0.05) is 11.6 Å². The van der Waals surface area contributed by atoms with Gasteiger partial charge in [0.05, 0.1) is 0 Å². The molecule has 2 heteroatoms. The molecular formula is C13H18ClN. The highest BCUT2D eigenvalue weighted by atomic mass is 35.5. The third kappa shape index (κ3) is 2.19.